The summed E-state index contributed by atoms with van der Waals surface area (Å²) < 4.78 is 45.2. The van der Waals surface area contributed by atoms with Gasteiger partial charge >= 0.3 is 11.9 Å². The van der Waals surface area contributed by atoms with Crippen LogP contribution in [0, 0.1) is 0 Å². The van der Waals surface area contributed by atoms with Gasteiger partial charge in [0, 0.05) is 31.9 Å². The molecule has 0 aromatic carbocycles. The lowest BCUT2D eigenvalue weighted by atomic mass is 9.94. The van der Waals surface area contributed by atoms with Gasteiger partial charge in [0.1, 0.15) is 85.3 Å². The van der Waals surface area contributed by atoms with Gasteiger partial charge in [-0.15, -0.1) is 0 Å². The molecule has 0 aliphatic carbocycles. The third-order valence-corrected chi connectivity index (χ3v) is 10.4. The van der Waals surface area contributed by atoms with Crippen molar-refractivity contribution in [3.63, 3.8) is 0 Å². The minimum Gasteiger partial charge on any atom is -0.479 e. The topological polar surface area (TPSA) is 437 Å². The number of nitrogens with zero attached hydrogens (tertiary/aromatic N) is 3. The predicted octanol–water partition coefficient (Wildman–Crippen LogP) is -6.38. The zero-order valence-electron chi connectivity index (χ0n) is 33.4. The Bertz CT molecular complexity index is 1550. The molecule has 28 heteroatoms. The maximum absolute atomic E-state index is 12.7. The highest BCUT2D eigenvalue weighted by Crippen LogP contribution is 2.35. The summed E-state index contributed by atoms with van der Waals surface area (Å²) in [7, 11) is 0. The Labute approximate surface area is 351 Å². The van der Waals surface area contributed by atoms with Crippen LogP contribution >= 0.6 is 0 Å². The number of hydrogen-bond acceptors (Lipinski definition) is 22. The van der Waals surface area contributed by atoms with Gasteiger partial charge in [-0.25, -0.2) is 9.59 Å². The molecule has 13 N–H and O–H groups in total. The molecule has 0 spiro atoms. The number of ether oxygens (including phenoxy) is 8. The lowest BCUT2D eigenvalue weighted by Crippen LogP contribution is -2.70. The minimum absolute atomic E-state index is 0.0373. The summed E-state index contributed by atoms with van der Waals surface area (Å²) in [5.41, 5.74) is 8.42. The van der Waals surface area contributed by atoms with E-state index in [2.05, 4.69) is 20.7 Å². The van der Waals surface area contributed by atoms with Crippen LogP contribution in [0.2, 0.25) is 0 Å². The van der Waals surface area contributed by atoms with Crippen molar-refractivity contribution in [2.45, 2.75) is 162 Å². The zero-order valence-corrected chi connectivity index (χ0v) is 33.4. The highest BCUT2D eigenvalue weighted by Gasteiger charge is 2.57. The highest BCUT2D eigenvalue weighted by molar-refractivity contribution is 5.74. The van der Waals surface area contributed by atoms with Crippen LogP contribution in [0.3, 0.4) is 0 Å². The van der Waals surface area contributed by atoms with Crippen molar-refractivity contribution in [1.82, 2.24) is 10.6 Å². The van der Waals surface area contributed by atoms with E-state index >= 15 is 0 Å². The highest BCUT2D eigenvalue weighted by atomic mass is 16.8. The average Bonchev–Trinajstić information content (AvgIpc) is 3.21. The molecule has 354 valence electrons. The summed E-state index contributed by atoms with van der Waals surface area (Å²) >= 11 is 0. The summed E-state index contributed by atoms with van der Waals surface area (Å²) in [4.78, 5) is 51.8. The van der Waals surface area contributed by atoms with E-state index < -0.39 is 160 Å². The molecule has 0 radical (unpaired) electrons. The van der Waals surface area contributed by atoms with Crippen molar-refractivity contribution in [2.75, 3.05) is 26.4 Å². The molecule has 28 nitrogen and oxygen atoms in total. The fourth-order valence-corrected chi connectivity index (χ4v) is 7.31. The van der Waals surface area contributed by atoms with Crippen molar-refractivity contribution >= 4 is 23.8 Å². The average molecular weight is 902 g/mol. The fourth-order valence-electron chi connectivity index (χ4n) is 7.31. The number of hydrogen-bond donors (Lipinski definition) is 13. The first kappa shape index (κ1) is 51.1. The summed E-state index contributed by atoms with van der Waals surface area (Å²) in [6.07, 6.45) is -33.5. The molecule has 4 fully saturated rings. The Kier molecular flexibility index (Phi) is 19.3. The number of rotatable bonds is 20. The van der Waals surface area contributed by atoms with E-state index in [0.717, 1.165) is 13.8 Å². The first-order chi connectivity index (χ1) is 29.4. The molecule has 4 heterocycles. The summed E-state index contributed by atoms with van der Waals surface area (Å²) in [6.45, 7) is 0.599. The minimum atomic E-state index is -2.30. The van der Waals surface area contributed by atoms with Crippen molar-refractivity contribution in [2.24, 2.45) is 5.11 Å². The number of carbonyl (C=O) groups excluding carboxylic acids is 2. The Morgan fingerprint density at radius 1 is 0.581 bits per heavy atom. The normalized spacial score (nSPS) is 41.1. The second-order valence-corrected chi connectivity index (χ2v) is 14.9. The molecule has 20 atom stereocenters. The summed E-state index contributed by atoms with van der Waals surface area (Å²) in [6, 6.07) is -3.20. The number of amides is 2. The largest absolute Gasteiger partial charge is 0.479 e. The van der Waals surface area contributed by atoms with Gasteiger partial charge in [0.2, 0.25) is 11.8 Å². The molecular weight excluding hydrogens is 846 g/mol. The van der Waals surface area contributed by atoms with E-state index in [0.29, 0.717) is 32.2 Å². The third-order valence-electron chi connectivity index (χ3n) is 10.4. The molecule has 4 rings (SSSR count). The van der Waals surface area contributed by atoms with E-state index in [4.69, 9.17) is 43.4 Å². The Morgan fingerprint density at radius 2 is 1.05 bits per heavy atom. The number of aliphatic hydroxyl groups is 9. The van der Waals surface area contributed by atoms with Gasteiger partial charge in [0.25, 0.3) is 0 Å². The fraction of sp³-hybridized carbons (Fsp3) is 0.882. The molecule has 62 heavy (non-hydrogen) atoms. The van der Waals surface area contributed by atoms with Gasteiger partial charge in [-0.3, -0.25) is 9.59 Å². The SMILES string of the molecule is CC(=O)N[C@H]1[C@H](O[C@H]2[C@H](O)[C@@H](O)[C@H](O[C@H]3[C@H](O)[C@@H](CO)O[C@@H](OCCCCCCN=[N+]=[N-])[C@@H]3NC(C)=O)O[C@@H]2C(=O)O)O[C@H](CO)[C@@H](O)[C@@H]1O[C@@H]1O[C@H](C(=O)O)[C@@H](O)[C@H](O)[C@H]1O. The number of carboxylic acids is 2. The lowest BCUT2D eigenvalue weighted by molar-refractivity contribution is -0.369. The van der Waals surface area contributed by atoms with Crippen molar-refractivity contribution in [3.05, 3.63) is 10.4 Å². The van der Waals surface area contributed by atoms with Crippen LogP contribution in [0.4, 0.5) is 0 Å². The molecular formula is C34H55N5O23. The maximum Gasteiger partial charge on any atom is 0.335 e. The predicted molar refractivity (Wildman–Crippen MR) is 194 cm³/mol. The second kappa shape index (κ2) is 23.4. The van der Waals surface area contributed by atoms with Crippen LogP contribution < -0.4 is 10.6 Å². The van der Waals surface area contributed by atoms with Gasteiger partial charge in [0.05, 0.1) is 13.2 Å². The number of unbranched alkanes of at least 4 members (excludes halogenated alkanes) is 3. The van der Waals surface area contributed by atoms with E-state index in [1.807, 2.05) is 0 Å². The van der Waals surface area contributed by atoms with Crippen molar-refractivity contribution < 1.29 is 113 Å². The molecule has 0 unspecified atom stereocenters. The quantitative estimate of drug-likeness (QED) is 0.0234. The van der Waals surface area contributed by atoms with Gasteiger partial charge in [-0.05, 0) is 18.4 Å². The van der Waals surface area contributed by atoms with Crippen molar-refractivity contribution in [3.8, 4) is 0 Å². The zero-order chi connectivity index (χ0) is 46.0. The van der Waals surface area contributed by atoms with E-state index in [9.17, 15) is 75.3 Å². The first-order valence-electron chi connectivity index (χ1n) is 19.5. The van der Waals surface area contributed by atoms with Gasteiger partial charge < -0.3 is 105 Å². The summed E-state index contributed by atoms with van der Waals surface area (Å²) in [5, 5.41) is 124. The van der Waals surface area contributed by atoms with Gasteiger partial charge in [-0.2, -0.15) is 0 Å². The molecule has 0 saturated carbocycles. The Morgan fingerprint density at radius 3 is 1.55 bits per heavy atom. The number of aliphatic carboxylic acids is 2. The number of azide groups is 1. The van der Waals surface area contributed by atoms with E-state index in [1.165, 1.54) is 0 Å². The van der Waals surface area contributed by atoms with Gasteiger partial charge in [-0.1, -0.05) is 18.0 Å². The van der Waals surface area contributed by atoms with Crippen LogP contribution in [-0.4, -0.2) is 229 Å². The first-order valence-corrected chi connectivity index (χ1v) is 19.5. The Balaban J connectivity index is 1.57. The van der Waals surface area contributed by atoms with Crippen LogP contribution in [0.15, 0.2) is 5.11 Å². The van der Waals surface area contributed by atoms with Gasteiger partial charge in [0.15, 0.2) is 37.4 Å². The van der Waals surface area contributed by atoms with E-state index in [-0.39, 0.29) is 6.61 Å². The standard InChI is InChI=1S/C34H55N5O23/c1-11(42)37-15-24(17(44)13(9-40)56-31(15)55-8-6-4-3-5-7-36-39-35)58-34-23(50)21(48)26(28(62-34)30(53)54)60-32-16(38-12(2)43)25(18(45)14(10-41)57-32)59-33-22(49)19(46)20(47)27(61-33)29(51)52/h13-28,31-34,40-41,44-50H,3-10H2,1-2H3,(H,37,42)(H,38,43)(H,51,52)(H,53,54)/t13-,14-,15-,16-,17-,18-,19+,20+,21-,22-,23-,24-,25-,26+,27+,28+,31-,32+,33-,34-/m1/s1. The molecule has 0 aromatic heterocycles. The number of carboxylic acid groups (broad SMARTS) is 2. The summed E-state index contributed by atoms with van der Waals surface area (Å²) in [5.74, 6) is -5.19. The van der Waals surface area contributed by atoms with Crippen LogP contribution in [0.25, 0.3) is 10.4 Å². The molecule has 4 aliphatic heterocycles. The van der Waals surface area contributed by atoms with E-state index in [1.54, 1.807) is 0 Å². The van der Waals surface area contributed by atoms with Crippen molar-refractivity contribution in [1.29, 1.82) is 0 Å². The number of carbonyl (C=O) groups is 4. The molecule has 2 amide bonds. The van der Waals surface area contributed by atoms with Crippen LogP contribution in [-0.2, 0) is 57.1 Å². The monoisotopic (exact) mass is 901 g/mol. The smallest absolute Gasteiger partial charge is 0.335 e. The third kappa shape index (κ3) is 12.4. The maximum atomic E-state index is 12.7. The molecule has 4 aliphatic rings. The number of nitrogens with one attached hydrogen (secondary N) is 2. The lowest BCUT2D eigenvalue weighted by Gasteiger charge is -2.50. The molecule has 4 saturated heterocycles. The molecule has 0 bridgehead atoms. The van der Waals surface area contributed by atoms with Crippen LogP contribution in [0.5, 0.6) is 0 Å². The van der Waals surface area contributed by atoms with Crippen LogP contribution in [0.1, 0.15) is 39.5 Å². The Hall–Kier alpha value is -3.49. The number of aliphatic hydroxyl groups excluding tert-OH is 9. The molecule has 0 aromatic rings. The second-order valence-electron chi connectivity index (χ2n) is 14.9.